The number of hydrogen-bond acceptors (Lipinski definition) is 4. The molecular formula is C21H32FN3O. The van der Waals surface area contributed by atoms with E-state index in [2.05, 4.69) is 29.0 Å². The first kappa shape index (κ1) is 18.2. The Bertz CT molecular complexity index is 585. The van der Waals surface area contributed by atoms with Gasteiger partial charge in [0.1, 0.15) is 5.82 Å². The molecule has 0 aromatic heterocycles. The number of benzene rings is 1. The Morgan fingerprint density at radius 2 is 1.81 bits per heavy atom. The normalized spacial score (nSPS) is 30.8. The Labute approximate surface area is 156 Å². The van der Waals surface area contributed by atoms with Gasteiger partial charge in [-0.2, -0.15) is 0 Å². The number of halogens is 1. The topological polar surface area (TPSA) is 27.7 Å². The maximum atomic E-state index is 13.1. The highest BCUT2D eigenvalue weighted by Crippen LogP contribution is 2.27. The van der Waals surface area contributed by atoms with Crippen LogP contribution < -0.4 is 10.2 Å². The average Bonchev–Trinajstić information content (AvgIpc) is 3.04. The molecule has 0 unspecified atom stereocenters. The Balaban J connectivity index is 1.24. The van der Waals surface area contributed by atoms with E-state index in [1.165, 1.54) is 6.42 Å². The number of morpholine rings is 1. The molecule has 1 N–H and O–H groups in total. The second-order valence-electron chi connectivity index (χ2n) is 8.56. The van der Waals surface area contributed by atoms with Crippen molar-refractivity contribution < 1.29 is 9.13 Å². The minimum absolute atomic E-state index is 0.160. The lowest BCUT2D eigenvalue weighted by Crippen LogP contribution is -2.49. The number of anilines is 1. The lowest BCUT2D eigenvalue weighted by Gasteiger charge is -2.37. The summed E-state index contributed by atoms with van der Waals surface area (Å²) in [5, 5.41) is 3.92. The molecule has 0 bridgehead atoms. The molecule has 5 heteroatoms. The summed E-state index contributed by atoms with van der Waals surface area (Å²) in [4.78, 5) is 5.01. The molecule has 1 aromatic rings. The molecule has 144 valence electrons. The standard InChI is InChI=1S/C21H32FN3O/c1-15(2)21-13-25-12-18(11-20(25)14-26-21)23-17-7-9-24(10-8-17)19-5-3-16(22)4-6-19/h3-6,15,17-18,20-21,23H,7-14H2,1-2H3/t18-,20-,21+/m0/s1. The van der Waals surface area contributed by atoms with Crippen molar-refractivity contribution in [3.63, 3.8) is 0 Å². The number of rotatable bonds is 4. The zero-order valence-electron chi connectivity index (χ0n) is 16.0. The van der Waals surface area contributed by atoms with E-state index in [1.54, 1.807) is 12.1 Å². The fraction of sp³-hybridized carbons (Fsp3) is 0.714. The molecule has 3 atom stereocenters. The number of ether oxygens (including phenoxy) is 1. The fourth-order valence-corrected chi connectivity index (χ4v) is 4.71. The molecule has 3 fully saturated rings. The third kappa shape index (κ3) is 4.05. The van der Waals surface area contributed by atoms with Gasteiger partial charge in [0.15, 0.2) is 0 Å². The highest BCUT2D eigenvalue weighted by atomic mass is 19.1. The quantitative estimate of drug-likeness (QED) is 0.892. The van der Waals surface area contributed by atoms with Crippen LogP contribution in [0.2, 0.25) is 0 Å². The molecule has 4 nitrogen and oxygen atoms in total. The summed E-state index contributed by atoms with van der Waals surface area (Å²) in [6.07, 6.45) is 3.92. The zero-order chi connectivity index (χ0) is 18.1. The summed E-state index contributed by atoms with van der Waals surface area (Å²) >= 11 is 0. The Kier molecular flexibility index (Phi) is 5.48. The summed E-state index contributed by atoms with van der Waals surface area (Å²) in [5.41, 5.74) is 1.14. The van der Waals surface area contributed by atoms with Crippen LogP contribution in [0.15, 0.2) is 24.3 Å². The largest absolute Gasteiger partial charge is 0.375 e. The predicted octanol–water partition coefficient (Wildman–Crippen LogP) is 2.88. The van der Waals surface area contributed by atoms with Crippen molar-refractivity contribution in [1.29, 1.82) is 0 Å². The van der Waals surface area contributed by atoms with E-state index in [0.717, 1.165) is 51.3 Å². The van der Waals surface area contributed by atoms with Gasteiger partial charge in [-0.3, -0.25) is 4.90 Å². The highest BCUT2D eigenvalue weighted by molar-refractivity contribution is 5.46. The molecule has 3 heterocycles. The van der Waals surface area contributed by atoms with Crippen LogP contribution in [0.3, 0.4) is 0 Å². The fourth-order valence-electron chi connectivity index (χ4n) is 4.71. The molecule has 0 spiro atoms. The lowest BCUT2D eigenvalue weighted by atomic mass is 10.0. The van der Waals surface area contributed by atoms with Crippen LogP contribution in [-0.2, 0) is 4.74 Å². The number of piperidine rings is 1. The van der Waals surface area contributed by atoms with Gasteiger partial charge in [-0.1, -0.05) is 13.8 Å². The van der Waals surface area contributed by atoms with Crippen LogP contribution in [-0.4, -0.2) is 61.9 Å². The minimum atomic E-state index is -0.160. The summed E-state index contributed by atoms with van der Waals surface area (Å²) < 4.78 is 19.2. The number of hydrogen-bond donors (Lipinski definition) is 1. The molecule has 0 saturated carbocycles. The average molecular weight is 362 g/mol. The first-order valence-electron chi connectivity index (χ1n) is 10.2. The molecule has 3 saturated heterocycles. The Morgan fingerprint density at radius 3 is 2.50 bits per heavy atom. The van der Waals surface area contributed by atoms with Gasteiger partial charge in [0.05, 0.1) is 12.7 Å². The smallest absolute Gasteiger partial charge is 0.123 e. The van der Waals surface area contributed by atoms with Crippen LogP contribution >= 0.6 is 0 Å². The van der Waals surface area contributed by atoms with E-state index in [0.29, 0.717) is 30.1 Å². The van der Waals surface area contributed by atoms with Gasteiger partial charge in [0.2, 0.25) is 0 Å². The van der Waals surface area contributed by atoms with Crippen molar-refractivity contribution >= 4 is 5.69 Å². The van der Waals surface area contributed by atoms with E-state index >= 15 is 0 Å². The van der Waals surface area contributed by atoms with E-state index in [1.807, 2.05) is 12.1 Å². The minimum Gasteiger partial charge on any atom is -0.375 e. The van der Waals surface area contributed by atoms with E-state index in [9.17, 15) is 4.39 Å². The van der Waals surface area contributed by atoms with Gasteiger partial charge in [0, 0.05) is 50.0 Å². The Morgan fingerprint density at radius 1 is 1.08 bits per heavy atom. The molecule has 0 radical (unpaired) electrons. The Hall–Kier alpha value is -1.17. The van der Waals surface area contributed by atoms with Gasteiger partial charge >= 0.3 is 0 Å². The van der Waals surface area contributed by atoms with Gasteiger partial charge < -0.3 is 15.0 Å². The van der Waals surface area contributed by atoms with Crippen LogP contribution in [0, 0.1) is 11.7 Å². The molecule has 3 aliphatic rings. The van der Waals surface area contributed by atoms with Crippen molar-refractivity contribution in [2.24, 2.45) is 5.92 Å². The van der Waals surface area contributed by atoms with Crippen LogP contribution in [0.5, 0.6) is 0 Å². The third-order valence-corrected chi connectivity index (χ3v) is 6.35. The number of nitrogens with one attached hydrogen (secondary N) is 1. The summed E-state index contributed by atoms with van der Waals surface area (Å²) in [5.74, 6) is 0.436. The van der Waals surface area contributed by atoms with Crippen molar-refractivity contribution in [2.75, 3.05) is 37.7 Å². The second-order valence-corrected chi connectivity index (χ2v) is 8.56. The number of nitrogens with zero attached hydrogens (tertiary/aromatic N) is 2. The molecule has 26 heavy (non-hydrogen) atoms. The van der Waals surface area contributed by atoms with Crippen LogP contribution in [0.25, 0.3) is 0 Å². The maximum absolute atomic E-state index is 13.1. The van der Waals surface area contributed by atoms with Gasteiger partial charge in [-0.25, -0.2) is 4.39 Å². The zero-order valence-corrected chi connectivity index (χ0v) is 16.0. The highest BCUT2D eigenvalue weighted by Gasteiger charge is 2.38. The van der Waals surface area contributed by atoms with Crippen molar-refractivity contribution in [3.05, 3.63) is 30.1 Å². The molecule has 3 aliphatic heterocycles. The molecule has 1 aromatic carbocycles. The predicted molar refractivity (Wildman–Crippen MR) is 103 cm³/mol. The molecule has 0 aliphatic carbocycles. The maximum Gasteiger partial charge on any atom is 0.123 e. The van der Waals surface area contributed by atoms with E-state index in [-0.39, 0.29) is 5.82 Å². The van der Waals surface area contributed by atoms with Crippen molar-refractivity contribution in [2.45, 2.75) is 57.3 Å². The molecule has 0 amide bonds. The van der Waals surface area contributed by atoms with Crippen LogP contribution in [0.4, 0.5) is 10.1 Å². The lowest BCUT2D eigenvalue weighted by molar-refractivity contribution is -0.0683. The van der Waals surface area contributed by atoms with Crippen molar-refractivity contribution in [1.82, 2.24) is 10.2 Å². The van der Waals surface area contributed by atoms with E-state index < -0.39 is 0 Å². The number of fused-ring (bicyclic) bond motifs is 1. The van der Waals surface area contributed by atoms with E-state index in [4.69, 9.17) is 4.74 Å². The molecular weight excluding hydrogens is 329 g/mol. The first-order valence-corrected chi connectivity index (χ1v) is 10.2. The van der Waals surface area contributed by atoms with Gasteiger partial charge in [-0.15, -0.1) is 0 Å². The second kappa shape index (κ2) is 7.83. The summed E-state index contributed by atoms with van der Waals surface area (Å²) in [7, 11) is 0. The summed E-state index contributed by atoms with van der Waals surface area (Å²) in [6, 6.07) is 8.69. The van der Waals surface area contributed by atoms with Crippen LogP contribution in [0.1, 0.15) is 33.1 Å². The van der Waals surface area contributed by atoms with Gasteiger partial charge in [0.25, 0.3) is 0 Å². The monoisotopic (exact) mass is 361 g/mol. The summed E-state index contributed by atoms with van der Waals surface area (Å²) in [6.45, 7) is 9.74. The SMILES string of the molecule is CC(C)[C@H]1CN2C[C@@H](NC3CCN(c4ccc(F)cc4)CC3)C[C@H]2CO1. The molecule has 4 rings (SSSR count). The third-order valence-electron chi connectivity index (χ3n) is 6.35. The first-order chi connectivity index (χ1) is 12.6. The van der Waals surface area contributed by atoms with Gasteiger partial charge in [-0.05, 0) is 49.4 Å². The van der Waals surface area contributed by atoms with Crippen molar-refractivity contribution in [3.8, 4) is 0 Å².